The van der Waals surface area contributed by atoms with E-state index in [1.54, 1.807) is 54.6 Å². The van der Waals surface area contributed by atoms with E-state index in [9.17, 15) is 20.6 Å². The minimum Gasteiger partial charge on any atom is -0.292 e. The standard InChI is InChI=1S/C23H17N3O/c1-2-19-13-22(14-24,15-25)20(17-9-5-3-6-10-17)23(19,16-26)21(27)18-11-7-4-8-12-18/h2-12,19-20H,1,13H2/t19-,20-,23-/m1/s1. The van der Waals surface area contributed by atoms with Crippen LogP contribution < -0.4 is 0 Å². The van der Waals surface area contributed by atoms with Crippen molar-refractivity contribution in [1.29, 1.82) is 15.8 Å². The normalized spacial score (nSPS) is 25.5. The molecular weight excluding hydrogens is 334 g/mol. The van der Waals surface area contributed by atoms with Crippen LogP contribution in [0.15, 0.2) is 73.3 Å². The van der Waals surface area contributed by atoms with Crippen molar-refractivity contribution in [3.63, 3.8) is 0 Å². The monoisotopic (exact) mass is 351 g/mol. The number of hydrogen-bond acceptors (Lipinski definition) is 4. The molecule has 1 aliphatic carbocycles. The van der Waals surface area contributed by atoms with Crippen molar-refractivity contribution in [2.75, 3.05) is 0 Å². The van der Waals surface area contributed by atoms with Gasteiger partial charge in [-0.3, -0.25) is 4.79 Å². The van der Waals surface area contributed by atoms with Gasteiger partial charge in [0.15, 0.2) is 11.2 Å². The summed E-state index contributed by atoms with van der Waals surface area (Å²) >= 11 is 0. The Kier molecular flexibility index (Phi) is 4.64. The summed E-state index contributed by atoms with van der Waals surface area (Å²) in [4.78, 5) is 13.6. The largest absolute Gasteiger partial charge is 0.292 e. The summed E-state index contributed by atoms with van der Waals surface area (Å²) in [6, 6.07) is 24.0. The summed E-state index contributed by atoms with van der Waals surface area (Å²) in [5, 5.41) is 30.1. The van der Waals surface area contributed by atoms with Crippen LogP contribution in [0.5, 0.6) is 0 Å². The van der Waals surface area contributed by atoms with Gasteiger partial charge in [-0.05, 0) is 12.0 Å². The highest BCUT2D eigenvalue weighted by Crippen LogP contribution is 2.63. The Hall–Kier alpha value is -3.68. The van der Waals surface area contributed by atoms with E-state index in [1.807, 2.05) is 6.07 Å². The number of nitrogens with zero attached hydrogens (tertiary/aromatic N) is 3. The molecule has 1 saturated carbocycles. The molecule has 1 fully saturated rings. The lowest BCUT2D eigenvalue weighted by Crippen LogP contribution is -2.40. The third-order valence-electron chi connectivity index (χ3n) is 5.49. The molecule has 0 radical (unpaired) electrons. The smallest absolute Gasteiger partial charge is 0.184 e. The van der Waals surface area contributed by atoms with Crippen molar-refractivity contribution in [2.45, 2.75) is 12.3 Å². The molecule has 0 N–H and O–H groups in total. The third kappa shape index (κ3) is 2.53. The van der Waals surface area contributed by atoms with Crippen LogP contribution in [0.1, 0.15) is 28.3 Å². The van der Waals surface area contributed by atoms with Crippen molar-refractivity contribution in [2.24, 2.45) is 16.7 Å². The zero-order valence-corrected chi connectivity index (χ0v) is 14.7. The van der Waals surface area contributed by atoms with Gasteiger partial charge in [-0.2, -0.15) is 15.8 Å². The molecule has 0 aromatic heterocycles. The molecule has 2 aromatic rings. The molecule has 27 heavy (non-hydrogen) atoms. The van der Waals surface area contributed by atoms with Gasteiger partial charge in [0.1, 0.15) is 5.41 Å². The average molecular weight is 351 g/mol. The molecule has 0 amide bonds. The van der Waals surface area contributed by atoms with Crippen LogP contribution in [0.3, 0.4) is 0 Å². The Bertz CT molecular complexity index is 978. The van der Waals surface area contributed by atoms with Crippen LogP contribution >= 0.6 is 0 Å². The second-order valence-electron chi connectivity index (χ2n) is 6.76. The number of benzene rings is 2. The molecule has 3 atom stereocenters. The molecule has 0 bridgehead atoms. The maximum absolute atomic E-state index is 13.6. The Labute approximate surface area is 158 Å². The van der Waals surface area contributed by atoms with E-state index in [4.69, 9.17) is 0 Å². The first-order chi connectivity index (χ1) is 13.1. The Morgan fingerprint density at radius 2 is 1.52 bits per heavy atom. The van der Waals surface area contributed by atoms with Crippen LogP contribution in [0, 0.1) is 50.7 Å². The molecule has 0 heterocycles. The first-order valence-electron chi connectivity index (χ1n) is 8.60. The first-order valence-corrected chi connectivity index (χ1v) is 8.60. The molecule has 0 aliphatic heterocycles. The van der Waals surface area contributed by atoms with Gasteiger partial charge < -0.3 is 0 Å². The van der Waals surface area contributed by atoms with Crippen LogP contribution in [-0.2, 0) is 0 Å². The molecule has 4 nitrogen and oxygen atoms in total. The molecule has 0 spiro atoms. The second-order valence-corrected chi connectivity index (χ2v) is 6.76. The number of allylic oxidation sites excluding steroid dienone is 1. The number of hydrogen-bond donors (Lipinski definition) is 0. The highest BCUT2D eigenvalue weighted by molar-refractivity contribution is 6.04. The maximum atomic E-state index is 13.6. The van der Waals surface area contributed by atoms with Crippen molar-refractivity contribution in [3.05, 3.63) is 84.4 Å². The van der Waals surface area contributed by atoms with Gasteiger partial charge in [0.05, 0.1) is 18.2 Å². The Balaban J connectivity index is 2.33. The molecule has 0 unspecified atom stereocenters. The van der Waals surface area contributed by atoms with Crippen molar-refractivity contribution < 1.29 is 4.79 Å². The minimum atomic E-state index is -1.57. The lowest BCUT2D eigenvalue weighted by Gasteiger charge is -2.33. The summed E-state index contributed by atoms with van der Waals surface area (Å²) < 4.78 is 0. The number of rotatable bonds is 4. The average Bonchev–Trinajstić information content (AvgIpc) is 3.05. The Morgan fingerprint density at radius 1 is 0.963 bits per heavy atom. The predicted octanol–water partition coefficient (Wildman–Crippen LogP) is 4.40. The van der Waals surface area contributed by atoms with Crippen LogP contribution in [-0.4, -0.2) is 5.78 Å². The summed E-state index contributed by atoms with van der Waals surface area (Å²) in [7, 11) is 0. The highest BCUT2D eigenvalue weighted by atomic mass is 16.1. The van der Waals surface area contributed by atoms with Crippen LogP contribution in [0.25, 0.3) is 0 Å². The predicted molar refractivity (Wildman–Crippen MR) is 100.0 cm³/mol. The van der Waals surface area contributed by atoms with E-state index in [0.717, 1.165) is 0 Å². The molecule has 2 aromatic carbocycles. The molecule has 3 rings (SSSR count). The highest BCUT2D eigenvalue weighted by Gasteiger charge is 2.67. The van der Waals surface area contributed by atoms with E-state index in [0.29, 0.717) is 11.1 Å². The summed E-state index contributed by atoms with van der Waals surface area (Å²) in [6.45, 7) is 3.80. The number of Topliss-reactive ketones (excluding diaryl/α,β-unsaturated/α-hetero) is 1. The molecule has 0 saturated heterocycles. The first kappa shape index (κ1) is 18.1. The fourth-order valence-electron chi connectivity index (χ4n) is 4.26. The van der Waals surface area contributed by atoms with Gasteiger partial charge in [-0.15, -0.1) is 6.58 Å². The SMILES string of the molecule is C=C[C@@H]1CC(C#N)(C#N)[C@@H](c2ccccc2)[C@]1(C#N)C(=O)c1ccccc1. The van der Waals surface area contributed by atoms with Gasteiger partial charge in [0.25, 0.3) is 0 Å². The summed E-state index contributed by atoms with van der Waals surface area (Å²) in [6.07, 6.45) is 1.63. The van der Waals surface area contributed by atoms with E-state index in [1.165, 1.54) is 6.08 Å². The number of carbonyl (C=O) groups is 1. The zero-order valence-electron chi connectivity index (χ0n) is 14.7. The van der Waals surface area contributed by atoms with Crippen molar-refractivity contribution in [3.8, 4) is 18.2 Å². The van der Waals surface area contributed by atoms with Gasteiger partial charge in [-0.25, -0.2) is 0 Å². The van der Waals surface area contributed by atoms with Crippen LogP contribution in [0.4, 0.5) is 0 Å². The molecule has 130 valence electrons. The lowest BCUT2D eigenvalue weighted by molar-refractivity contribution is 0.0805. The molecule has 4 heteroatoms. The zero-order chi connectivity index (χ0) is 19.5. The summed E-state index contributed by atoms with van der Waals surface area (Å²) in [5.41, 5.74) is -2.04. The van der Waals surface area contributed by atoms with E-state index in [-0.39, 0.29) is 12.2 Å². The van der Waals surface area contributed by atoms with Gasteiger partial charge in [0, 0.05) is 17.4 Å². The van der Waals surface area contributed by atoms with Crippen molar-refractivity contribution in [1.82, 2.24) is 0 Å². The van der Waals surface area contributed by atoms with Crippen molar-refractivity contribution >= 4 is 5.78 Å². The quantitative estimate of drug-likeness (QED) is 0.603. The van der Waals surface area contributed by atoms with Gasteiger partial charge >= 0.3 is 0 Å². The molecule has 1 aliphatic rings. The number of nitriles is 3. The second kappa shape index (κ2) is 6.91. The number of carbonyl (C=O) groups excluding carboxylic acids is 1. The van der Waals surface area contributed by atoms with E-state index in [2.05, 4.69) is 24.8 Å². The van der Waals surface area contributed by atoms with E-state index >= 15 is 0 Å². The lowest BCUT2D eigenvalue weighted by atomic mass is 9.62. The minimum absolute atomic E-state index is 0.0925. The van der Waals surface area contributed by atoms with E-state index < -0.39 is 22.7 Å². The third-order valence-corrected chi connectivity index (χ3v) is 5.49. The topological polar surface area (TPSA) is 88.4 Å². The summed E-state index contributed by atoms with van der Waals surface area (Å²) in [5.74, 6) is -1.86. The Morgan fingerprint density at radius 3 is 2.00 bits per heavy atom. The number of ketones is 1. The molecular formula is C23H17N3O. The fourth-order valence-corrected chi connectivity index (χ4v) is 4.26. The van der Waals surface area contributed by atoms with Gasteiger partial charge in [0.2, 0.25) is 0 Å². The van der Waals surface area contributed by atoms with Gasteiger partial charge in [-0.1, -0.05) is 66.7 Å². The van der Waals surface area contributed by atoms with Crippen LogP contribution in [0.2, 0.25) is 0 Å². The fraction of sp³-hybridized carbons (Fsp3) is 0.217. The maximum Gasteiger partial charge on any atom is 0.184 e.